The quantitative estimate of drug-likeness (QED) is 0.773. The fourth-order valence-corrected chi connectivity index (χ4v) is 2.52. The molecule has 1 aliphatic carbocycles. The molecule has 2 nitrogen and oxygen atoms in total. The minimum absolute atomic E-state index is 0.260. The van der Waals surface area contributed by atoms with E-state index in [-0.39, 0.29) is 5.41 Å². The van der Waals surface area contributed by atoms with Crippen LogP contribution in [0, 0.1) is 22.7 Å². The smallest absolute Gasteiger partial charge is 0.0621 e. The minimum atomic E-state index is 0.260. The van der Waals surface area contributed by atoms with Crippen molar-refractivity contribution in [3.63, 3.8) is 0 Å². The highest BCUT2D eigenvalue weighted by Gasteiger charge is 2.22. The molecule has 1 aliphatic rings. The Balaban J connectivity index is 2.24. The summed E-state index contributed by atoms with van der Waals surface area (Å²) in [6.45, 7) is 7.91. The van der Waals surface area contributed by atoms with Gasteiger partial charge < -0.3 is 5.32 Å². The molecule has 0 aromatic carbocycles. The highest BCUT2D eigenvalue weighted by atomic mass is 14.9. The van der Waals surface area contributed by atoms with Gasteiger partial charge in [0, 0.05) is 19.0 Å². The van der Waals surface area contributed by atoms with Gasteiger partial charge in [-0.25, -0.2) is 0 Å². The third kappa shape index (κ3) is 4.99. The number of hydrogen-bond donors (Lipinski definition) is 1. The van der Waals surface area contributed by atoms with Gasteiger partial charge in [-0.3, -0.25) is 0 Å². The maximum atomic E-state index is 8.61. The van der Waals surface area contributed by atoms with Crippen molar-refractivity contribution in [2.45, 2.75) is 65.3 Å². The fourth-order valence-electron chi connectivity index (χ4n) is 2.52. The van der Waals surface area contributed by atoms with Gasteiger partial charge in [0.25, 0.3) is 0 Å². The van der Waals surface area contributed by atoms with E-state index >= 15 is 0 Å². The van der Waals surface area contributed by atoms with Gasteiger partial charge in [0.1, 0.15) is 0 Å². The summed E-state index contributed by atoms with van der Waals surface area (Å²) < 4.78 is 0. The van der Waals surface area contributed by atoms with Crippen molar-refractivity contribution >= 4 is 0 Å². The molecule has 92 valence electrons. The normalized spacial score (nSPS) is 26.4. The molecule has 0 aromatic heterocycles. The Morgan fingerprint density at radius 1 is 1.38 bits per heavy atom. The lowest BCUT2D eigenvalue weighted by molar-refractivity contribution is 0.250. The van der Waals surface area contributed by atoms with Gasteiger partial charge in [0.15, 0.2) is 0 Å². The standard InChI is InChI=1S/C14H26N2/c1-12-6-4-7-13(10-12)16-11-14(2,3)8-5-9-15/h12-13,16H,4-8,10-11H2,1-3H3. The maximum absolute atomic E-state index is 8.61. The van der Waals surface area contributed by atoms with Crippen molar-refractivity contribution in [2.75, 3.05) is 6.54 Å². The Morgan fingerprint density at radius 3 is 2.75 bits per heavy atom. The monoisotopic (exact) mass is 222 g/mol. The first-order valence-electron chi connectivity index (χ1n) is 6.64. The number of nitriles is 1. The average Bonchev–Trinajstić information content (AvgIpc) is 2.24. The Hall–Kier alpha value is -0.550. The Kier molecular flexibility index (Phi) is 5.28. The summed E-state index contributed by atoms with van der Waals surface area (Å²) in [6.07, 6.45) is 7.11. The molecule has 0 amide bonds. The lowest BCUT2D eigenvalue weighted by atomic mass is 9.84. The van der Waals surface area contributed by atoms with E-state index in [4.69, 9.17) is 5.26 Å². The van der Waals surface area contributed by atoms with Gasteiger partial charge in [-0.2, -0.15) is 5.26 Å². The summed E-state index contributed by atoms with van der Waals surface area (Å²) in [5.41, 5.74) is 0.260. The predicted octanol–water partition coefficient (Wildman–Crippen LogP) is 3.48. The minimum Gasteiger partial charge on any atom is -0.313 e. The van der Waals surface area contributed by atoms with E-state index in [0.29, 0.717) is 12.5 Å². The molecule has 2 unspecified atom stereocenters. The second-order valence-corrected chi connectivity index (χ2v) is 6.17. The third-order valence-electron chi connectivity index (χ3n) is 3.72. The Labute approximate surface area is 100 Å². The van der Waals surface area contributed by atoms with Crippen LogP contribution >= 0.6 is 0 Å². The molecular weight excluding hydrogens is 196 g/mol. The highest BCUT2D eigenvalue weighted by Crippen LogP contribution is 2.26. The van der Waals surface area contributed by atoms with E-state index in [9.17, 15) is 0 Å². The fraction of sp³-hybridized carbons (Fsp3) is 0.929. The first-order chi connectivity index (χ1) is 7.53. The van der Waals surface area contributed by atoms with Crippen LogP contribution in [0.25, 0.3) is 0 Å². The number of hydrogen-bond acceptors (Lipinski definition) is 2. The molecule has 0 radical (unpaired) electrons. The van der Waals surface area contributed by atoms with Crippen molar-refractivity contribution in [3.05, 3.63) is 0 Å². The molecule has 0 aliphatic heterocycles. The van der Waals surface area contributed by atoms with Gasteiger partial charge in [-0.05, 0) is 30.6 Å². The number of nitrogens with one attached hydrogen (secondary N) is 1. The van der Waals surface area contributed by atoms with Crippen LogP contribution in [0.5, 0.6) is 0 Å². The zero-order chi connectivity index (χ0) is 12.0. The van der Waals surface area contributed by atoms with Gasteiger partial charge in [0.2, 0.25) is 0 Å². The summed E-state index contributed by atoms with van der Waals surface area (Å²) in [5.74, 6) is 0.883. The van der Waals surface area contributed by atoms with E-state index in [1.807, 2.05) is 0 Å². The lowest BCUT2D eigenvalue weighted by Crippen LogP contribution is -2.39. The van der Waals surface area contributed by atoms with Crippen LogP contribution in [-0.4, -0.2) is 12.6 Å². The molecular formula is C14H26N2. The Morgan fingerprint density at radius 2 is 2.12 bits per heavy atom. The van der Waals surface area contributed by atoms with Gasteiger partial charge in [-0.1, -0.05) is 33.6 Å². The second-order valence-electron chi connectivity index (χ2n) is 6.17. The molecule has 0 aromatic rings. The van der Waals surface area contributed by atoms with Crippen molar-refractivity contribution in [1.29, 1.82) is 5.26 Å². The number of nitrogens with zero attached hydrogens (tertiary/aromatic N) is 1. The second kappa shape index (κ2) is 6.25. The average molecular weight is 222 g/mol. The molecule has 16 heavy (non-hydrogen) atoms. The van der Waals surface area contributed by atoms with E-state index in [2.05, 4.69) is 32.2 Å². The summed E-state index contributed by atoms with van der Waals surface area (Å²) in [5, 5.41) is 12.3. The molecule has 1 saturated carbocycles. The summed E-state index contributed by atoms with van der Waals surface area (Å²) >= 11 is 0. The van der Waals surface area contributed by atoms with Gasteiger partial charge in [0.05, 0.1) is 6.07 Å². The van der Waals surface area contributed by atoms with Crippen LogP contribution in [-0.2, 0) is 0 Å². The van der Waals surface area contributed by atoms with E-state index in [1.165, 1.54) is 25.7 Å². The number of rotatable bonds is 5. The summed E-state index contributed by atoms with van der Waals surface area (Å²) in [6, 6.07) is 2.95. The van der Waals surface area contributed by atoms with Crippen molar-refractivity contribution in [3.8, 4) is 6.07 Å². The zero-order valence-electron chi connectivity index (χ0n) is 11.1. The largest absolute Gasteiger partial charge is 0.313 e. The zero-order valence-corrected chi connectivity index (χ0v) is 11.1. The molecule has 0 bridgehead atoms. The molecule has 0 saturated heterocycles. The molecule has 1 N–H and O–H groups in total. The molecule has 0 spiro atoms. The van der Waals surface area contributed by atoms with Crippen molar-refractivity contribution in [1.82, 2.24) is 5.32 Å². The predicted molar refractivity (Wildman–Crippen MR) is 68.1 cm³/mol. The van der Waals surface area contributed by atoms with Crippen LogP contribution in [0.1, 0.15) is 59.3 Å². The van der Waals surface area contributed by atoms with Gasteiger partial charge in [-0.15, -0.1) is 0 Å². The molecule has 0 heterocycles. The van der Waals surface area contributed by atoms with E-state index in [0.717, 1.165) is 18.9 Å². The van der Waals surface area contributed by atoms with Crippen LogP contribution in [0.15, 0.2) is 0 Å². The van der Waals surface area contributed by atoms with Gasteiger partial charge >= 0.3 is 0 Å². The maximum Gasteiger partial charge on any atom is 0.0621 e. The Bertz CT molecular complexity index is 240. The lowest BCUT2D eigenvalue weighted by Gasteiger charge is -2.32. The van der Waals surface area contributed by atoms with E-state index in [1.54, 1.807) is 0 Å². The van der Waals surface area contributed by atoms with Crippen molar-refractivity contribution in [2.24, 2.45) is 11.3 Å². The molecule has 1 fully saturated rings. The first-order valence-corrected chi connectivity index (χ1v) is 6.64. The van der Waals surface area contributed by atoms with E-state index < -0.39 is 0 Å². The topological polar surface area (TPSA) is 35.8 Å². The third-order valence-corrected chi connectivity index (χ3v) is 3.72. The highest BCUT2D eigenvalue weighted by molar-refractivity contribution is 4.82. The summed E-state index contributed by atoms with van der Waals surface area (Å²) in [4.78, 5) is 0. The molecule has 1 rings (SSSR count). The van der Waals surface area contributed by atoms with Crippen LogP contribution in [0.2, 0.25) is 0 Å². The molecule has 2 heteroatoms. The first kappa shape index (κ1) is 13.5. The van der Waals surface area contributed by atoms with Crippen molar-refractivity contribution < 1.29 is 0 Å². The SMILES string of the molecule is CC1CCCC(NCC(C)(C)CCC#N)C1. The summed E-state index contributed by atoms with van der Waals surface area (Å²) in [7, 11) is 0. The molecule has 2 atom stereocenters. The van der Waals surface area contributed by atoms with Crippen LogP contribution in [0.4, 0.5) is 0 Å². The van der Waals surface area contributed by atoms with Crippen LogP contribution in [0.3, 0.4) is 0 Å². The van der Waals surface area contributed by atoms with Crippen LogP contribution < -0.4 is 5.32 Å².